The minimum Gasteiger partial charge on any atom is -0.369 e. The zero-order chi connectivity index (χ0) is 22.8. The topological polar surface area (TPSA) is 92.4 Å². The van der Waals surface area contributed by atoms with E-state index in [0.717, 1.165) is 55.1 Å². The molecule has 4 heterocycles. The second-order valence-electron chi connectivity index (χ2n) is 8.72. The molecule has 1 atom stereocenters. The molecule has 0 unspecified atom stereocenters. The fraction of sp³-hybridized carbons (Fsp3) is 0.375. The summed E-state index contributed by atoms with van der Waals surface area (Å²) in [7, 11) is 2.16. The van der Waals surface area contributed by atoms with Crippen LogP contribution in [0.1, 0.15) is 6.42 Å². The number of H-pyrrole nitrogens is 1. The summed E-state index contributed by atoms with van der Waals surface area (Å²) < 4.78 is 0. The maximum Gasteiger partial charge on any atom is 0.246 e. The number of fused-ring (bicyclic) bond motifs is 1. The smallest absolute Gasteiger partial charge is 0.246 e. The summed E-state index contributed by atoms with van der Waals surface area (Å²) in [5, 5.41) is 7.78. The van der Waals surface area contributed by atoms with Crippen molar-refractivity contribution >= 4 is 40.1 Å². The van der Waals surface area contributed by atoms with Gasteiger partial charge in [-0.3, -0.25) is 4.79 Å². The number of carbonyl (C=O) groups excluding carboxylic acids is 1. The molecule has 0 spiro atoms. The highest BCUT2D eigenvalue weighted by Gasteiger charge is 2.26. The number of nitrogens with one attached hydrogen (secondary N) is 3. The normalized spacial score (nSPS) is 19.1. The fourth-order valence-corrected chi connectivity index (χ4v) is 4.46. The Kier molecular flexibility index (Phi) is 5.87. The van der Waals surface area contributed by atoms with Crippen LogP contribution in [0.25, 0.3) is 11.0 Å². The monoisotopic (exact) mass is 446 g/mol. The van der Waals surface area contributed by atoms with Gasteiger partial charge in [0.15, 0.2) is 0 Å². The maximum atomic E-state index is 11.9. The number of hydrogen-bond acceptors (Lipinski definition) is 7. The minimum absolute atomic E-state index is 0.0313. The summed E-state index contributed by atoms with van der Waals surface area (Å²) in [5.74, 6) is 1.25. The number of aromatic amines is 1. The highest BCUT2D eigenvalue weighted by atomic mass is 16.2. The van der Waals surface area contributed by atoms with Gasteiger partial charge in [-0.2, -0.15) is 9.97 Å². The molecule has 3 N–H and O–H groups in total. The Bertz CT molecular complexity index is 1130. The van der Waals surface area contributed by atoms with Gasteiger partial charge in [-0.15, -0.1) is 0 Å². The number of hydrogen-bond donors (Lipinski definition) is 3. The number of likely N-dealkylation sites (tertiary alicyclic amines) is 1. The van der Waals surface area contributed by atoms with Crippen molar-refractivity contribution in [1.29, 1.82) is 0 Å². The molecule has 0 saturated carbocycles. The van der Waals surface area contributed by atoms with E-state index in [1.54, 1.807) is 4.90 Å². The van der Waals surface area contributed by atoms with Crippen LogP contribution in [-0.4, -0.2) is 83.0 Å². The van der Waals surface area contributed by atoms with Gasteiger partial charge < -0.3 is 30.3 Å². The van der Waals surface area contributed by atoms with Gasteiger partial charge in [-0.05, 0) is 49.9 Å². The van der Waals surface area contributed by atoms with Crippen molar-refractivity contribution in [2.24, 2.45) is 0 Å². The molecule has 1 amide bonds. The Morgan fingerprint density at radius 3 is 2.67 bits per heavy atom. The van der Waals surface area contributed by atoms with Crippen molar-refractivity contribution < 1.29 is 4.79 Å². The van der Waals surface area contributed by atoms with Gasteiger partial charge in [-0.1, -0.05) is 6.58 Å². The van der Waals surface area contributed by atoms with Crippen LogP contribution in [0, 0.1) is 0 Å². The average molecular weight is 447 g/mol. The molecule has 0 aliphatic carbocycles. The molecule has 1 aromatic carbocycles. The Morgan fingerprint density at radius 2 is 1.91 bits per heavy atom. The van der Waals surface area contributed by atoms with E-state index in [4.69, 9.17) is 4.98 Å². The summed E-state index contributed by atoms with van der Waals surface area (Å²) >= 11 is 0. The van der Waals surface area contributed by atoms with E-state index in [1.165, 1.54) is 11.8 Å². The predicted molar refractivity (Wildman–Crippen MR) is 132 cm³/mol. The third-order valence-corrected chi connectivity index (χ3v) is 6.42. The first-order chi connectivity index (χ1) is 16.1. The molecule has 2 aliphatic heterocycles. The SMILES string of the molecule is C=CC(=O)N1CC[C@H](Nc2nc(Nc3ccc(N4CCN(C)CC4)cc3)nc3[nH]ccc23)C1. The second-order valence-corrected chi connectivity index (χ2v) is 8.72. The number of benzene rings is 1. The molecule has 2 fully saturated rings. The van der Waals surface area contributed by atoms with Crippen LogP contribution < -0.4 is 15.5 Å². The molecule has 9 heteroatoms. The van der Waals surface area contributed by atoms with Crippen molar-refractivity contribution in [2.45, 2.75) is 12.5 Å². The zero-order valence-corrected chi connectivity index (χ0v) is 18.9. The standard InChI is InChI=1S/C24H30N8O/c1-3-21(33)32-11-9-18(16-32)26-23-20-8-10-25-22(20)28-24(29-23)27-17-4-6-19(7-5-17)31-14-12-30(2)13-15-31/h3-8,10,18H,1,9,11-16H2,2H3,(H3,25,26,27,28,29)/t18-/m0/s1. The predicted octanol–water partition coefficient (Wildman–Crippen LogP) is 2.65. The van der Waals surface area contributed by atoms with Crippen LogP contribution in [0.5, 0.6) is 0 Å². The zero-order valence-electron chi connectivity index (χ0n) is 18.9. The van der Waals surface area contributed by atoms with E-state index in [1.807, 2.05) is 12.3 Å². The second kappa shape index (κ2) is 9.11. The van der Waals surface area contributed by atoms with E-state index in [2.05, 4.69) is 68.3 Å². The van der Waals surface area contributed by atoms with Crippen molar-refractivity contribution in [1.82, 2.24) is 24.8 Å². The van der Waals surface area contributed by atoms with Crippen molar-refractivity contribution in [2.75, 3.05) is 61.8 Å². The van der Waals surface area contributed by atoms with Crippen molar-refractivity contribution in [3.05, 3.63) is 49.2 Å². The number of likely N-dealkylation sites (N-methyl/N-ethyl adjacent to an activating group) is 1. The Balaban J connectivity index is 1.30. The van der Waals surface area contributed by atoms with E-state index in [0.29, 0.717) is 19.0 Å². The third-order valence-electron chi connectivity index (χ3n) is 6.42. The van der Waals surface area contributed by atoms with Crippen molar-refractivity contribution in [3.8, 4) is 0 Å². The van der Waals surface area contributed by atoms with Gasteiger partial charge >= 0.3 is 0 Å². The number of carbonyl (C=O) groups is 1. The molecule has 0 radical (unpaired) electrons. The highest BCUT2D eigenvalue weighted by Crippen LogP contribution is 2.26. The highest BCUT2D eigenvalue weighted by molar-refractivity contribution is 5.89. The molecule has 2 saturated heterocycles. The van der Waals surface area contributed by atoms with Crippen LogP contribution in [0.2, 0.25) is 0 Å². The number of anilines is 4. The van der Waals surface area contributed by atoms with Crippen LogP contribution in [0.3, 0.4) is 0 Å². The molecular weight excluding hydrogens is 416 g/mol. The van der Waals surface area contributed by atoms with Gasteiger partial charge in [0.05, 0.1) is 5.39 Å². The van der Waals surface area contributed by atoms with Gasteiger partial charge in [-0.25, -0.2) is 0 Å². The van der Waals surface area contributed by atoms with E-state index >= 15 is 0 Å². The summed E-state index contributed by atoms with van der Waals surface area (Å²) in [4.78, 5) is 31.1. The molecule has 2 aliphatic rings. The molecular formula is C24H30N8O. The first-order valence-electron chi connectivity index (χ1n) is 11.4. The Labute approximate surface area is 193 Å². The first-order valence-corrected chi connectivity index (χ1v) is 11.4. The summed E-state index contributed by atoms with van der Waals surface area (Å²) in [5.41, 5.74) is 2.94. The molecule has 3 aromatic rings. The van der Waals surface area contributed by atoms with Crippen molar-refractivity contribution in [3.63, 3.8) is 0 Å². The lowest BCUT2D eigenvalue weighted by Crippen LogP contribution is -2.44. The lowest BCUT2D eigenvalue weighted by Gasteiger charge is -2.34. The number of aromatic nitrogens is 3. The van der Waals surface area contributed by atoms with Crippen LogP contribution >= 0.6 is 0 Å². The minimum atomic E-state index is -0.0313. The lowest BCUT2D eigenvalue weighted by atomic mass is 10.2. The number of nitrogens with zero attached hydrogens (tertiary/aromatic N) is 5. The molecule has 33 heavy (non-hydrogen) atoms. The summed E-state index contributed by atoms with van der Waals surface area (Å²) in [6.07, 6.45) is 4.10. The molecule has 2 aromatic heterocycles. The molecule has 0 bridgehead atoms. The number of amides is 1. The van der Waals surface area contributed by atoms with Gasteiger partial charge in [0.25, 0.3) is 0 Å². The largest absolute Gasteiger partial charge is 0.369 e. The number of piperazine rings is 1. The Hall–Kier alpha value is -3.59. The van der Waals surface area contributed by atoms with E-state index in [9.17, 15) is 4.79 Å². The van der Waals surface area contributed by atoms with E-state index in [-0.39, 0.29) is 11.9 Å². The third kappa shape index (κ3) is 4.63. The Morgan fingerprint density at radius 1 is 1.12 bits per heavy atom. The fourth-order valence-electron chi connectivity index (χ4n) is 4.46. The molecule has 9 nitrogen and oxygen atoms in total. The number of rotatable bonds is 6. The van der Waals surface area contributed by atoms with Crippen LogP contribution in [0.15, 0.2) is 49.2 Å². The van der Waals surface area contributed by atoms with Crippen LogP contribution in [-0.2, 0) is 4.79 Å². The molecule has 5 rings (SSSR count). The maximum absolute atomic E-state index is 11.9. The lowest BCUT2D eigenvalue weighted by molar-refractivity contribution is -0.125. The first kappa shape index (κ1) is 21.3. The van der Waals surface area contributed by atoms with Crippen LogP contribution in [0.4, 0.5) is 23.1 Å². The average Bonchev–Trinajstić information content (AvgIpc) is 3.49. The molecule has 172 valence electrons. The summed E-state index contributed by atoms with van der Waals surface area (Å²) in [6, 6.07) is 10.5. The van der Waals surface area contributed by atoms with Gasteiger partial charge in [0.1, 0.15) is 11.5 Å². The van der Waals surface area contributed by atoms with Gasteiger partial charge in [0, 0.05) is 62.9 Å². The quantitative estimate of drug-likeness (QED) is 0.501. The van der Waals surface area contributed by atoms with E-state index < -0.39 is 0 Å². The van der Waals surface area contributed by atoms with Gasteiger partial charge in [0.2, 0.25) is 11.9 Å². The summed E-state index contributed by atoms with van der Waals surface area (Å²) in [6.45, 7) is 9.19.